The Morgan fingerprint density at radius 3 is 2.61 bits per heavy atom. The Hall–Kier alpha value is -1.89. The highest BCUT2D eigenvalue weighted by molar-refractivity contribution is 5.86. The van der Waals surface area contributed by atoms with E-state index in [-0.39, 0.29) is 0 Å². The SMILES string of the molecule is C=C/C(=C\C)c1cc(C(C)C)c2ccccc2n1. The van der Waals surface area contributed by atoms with Gasteiger partial charge in [0.2, 0.25) is 0 Å². The molecule has 92 valence electrons. The van der Waals surface area contributed by atoms with Crippen LogP contribution in [-0.2, 0) is 0 Å². The minimum absolute atomic E-state index is 0.486. The molecule has 0 saturated heterocycles. The third-order valence-corrected chi connectivity index (χ3v) is 3.20. The Labute approximate surface area is 109 Å². The van der Waals surface area contributed by atoms with E-state index in [1.165, 1.54) is 10.9 Å². The number of hydrogen-bond acceptors (Lipinski definition) is 1. The molecule has 0 atom stereocenters. The fraction of sp³-hybridized carbons (Fsp3) is 0.235. The Morgan fingerprint density at radius 1 is 1.28 bits per heavy atom. The highest BCUT2D eigenvalue weighted by Crippen LogP contribution is 2.27. The van der Waals surface area contributed by atoms with Crippen LogP contribution >= 0.6 is 0 Å². The van der Waals surface area contributed by atoms with Crippen molar-refractivity contribution in [3.05, 3.63) is 60.3 Å². The number of rotatable bonds is 3. The van der Waals surface area contributed by atoms with Gasteiger partial charge in [0.1, 0.15) is 0 Å². The number of pyridine rings is 1. The Bertz CT molecular complexity index is 606. The lowest BCUT2D eigenvalue weighted by Crippen LogP contribution is -1.96. The number of nitrogens with zero attached hydrogens (tertiary/aromatic N) is 1. The van der Waals surface area contributed by atoms with Crippen molar-refractivity contribution in [2.75, 3.05) is 0 Å². The molecule has 0 unspecified atom stereocenters. The topological polar surface area (TPSA) is 12.9 Å². The van der Waals surface area contributed by atoms with E-state index in [9.17, 15) is 0 Å². The molecule has 0 radical (unpaired) electrons. The van der Waals surface area contributed by atoms with Crippen LogP contribution in [0.3, 0.4) is 0 Å². The molecule has 0 N–H and O–H groups in total. The smallest absolute Gasteiger partial charge is 0.0712 e. The third-order valence-electron chi connectivity index (χ3n) is 3.20. The summed E-state index contributed by atoms with van der Waals surface area (Å²) in [5, 5.41) is 1.25. The van der Waals surface area contributed by atoms with Gasteiger partial charge in [-0.3, -0.25) is 0 Å². The van der Waals surface area contributed by atoms with Gasteiger partial charge in [-0.25, -0.2) is 4.98 Å². The summed E-state index contributed by atoms with van der Waals surface area (Å²) in [6.07, 6.45) is 3.91. The Morgan fingerprint density at radius 2 is 2.00 bits per heavy atom. The molecule has 0 aliphatic rings. The van der Waals surface area contributed by atoms with Crippen LogP contribution in [-0.4, -0.2) is 4.98 Å². The van der Waals surface area contributed by atoms with Crippen LogP contribution in [0, 0.1) is 0 Å². The average Bonchev–Trinajstić information content (AvgIpc) is 2.39. The summed E-state index contributed by atoms with van der Waals surface area (Å²) in [6, 6.07) is 10.5. The second-order valence-electron chi connectivity index (χ2n) is 4.72. The van der Waals surface area contributed by atoms with Crippen LogP contribution in [0.1, 0.15) is 37.9 Å². The molecule has 0 spiro atoms. The zero-order valence-electron chi connectivity index (χ0n) is 11.3. The third kappa shape index (κ3) is 2.21. The van der Waals surface area contributed by atoms with Gasteiger partial charge >= 0.3 is 0 Å². The monoisotopic (exact) mass is 237 g/mol. The molecule has 1 nitrogen and oxygen atoms in total. The maximum absolute atomic E-state index is 4.72. The van der Waals surface area contributed by atoms with Crippen molar-refractivity contribution in [1.82, 2.24) is 4.98 Å². The van der Waals surface area contributed by atoms with E-state index in [2.05, 4.69) is 44.7 Å². The molecule has 0 saturated carbocycles. The summed E-state index contributed by atoms with van der Waals surface area (Å²) in [5.41, 5.74) is 4.49. The maximum Gasteiger partial charge on any atom is 0.0712 e. The molecule has 1 heteroatoms. The molecule has 0 amide bonds. The molecule has 0 aliphatic carbocycles. The lowest BCUT2D eigenvalue weighted by molar-refractivity contribution is 0.873. The zero-order chi connectivity index (χ0) is 13.1. The van der Waals surface area contributed by atoms with Crippen molar-refractivity contribution < 1.29 is 0 Å². The minimum atomic E-state index is 0.486. The summed E-state index contributed by atoms with van der Waals surface area (Å²) in [4.78, 5) is 4.72. The van der Waals surface area contributed by atoms with Crippen molar-refractivity contribution in [2.24, 2.45) is 0 Å². The molecule has 0 aliphatic heterocycles. The van der Waals surface area contributed by atoms with E-state index in [0.717, 1.165) is 16.8 Å². The van der Waals surface area contributed by atoms with E-state index in [0.29, 0.717) is 5.92 Å². The van der Waals surface area contributed by atoms with Crippen molar-refractivity contribution in [3.63, 3.8) is 0 Å². The first-order valence-corrected chi connectivity index (χ1v) is 6.36. The first-order chi connectivity index (χ1) is 8.67. The van der Waals surface area contributed by atoms with Gasteiger partial charge in [0.15, 0.2) is 0 Å². The summed E-state index contributed by atoms with van der Waals surface area (Å²) in [5.74, 6) is 0.486. The van der Waals surface area contributed by atoms with Crippen molar-refractivity contribution >= 4 is 16.5 Å². The fourth-order valence-electron chi connectivity index (χ4n) is 2.20. The normalized spacial score (nSPS) is 12.1. The number of para-hydroxylation sites is 1. The van der Waals surface area contributed by atoms with Gasteiger partial charge in [0.25, 0.3) is 0 Å². The van der Waals surface area contributed by atoms with Crippen LogP contribution in [0.15, 0.2) is 49.1 Å². The van der Waals surface area contributed by atoms with Crippen LogP contribution in [0.5, 0.6) is 0 Å². The van der Waals surface area contributed by atoms with E-state index in [4.69, 9.17) is 4.98 Å². The fourth-order valence-corrected chi connectivity index (χ4v) is 2.20. The first kappa shape index (κ1) is 12.6. The molecule has 1 aromatic heterocycles. The summed E-state index contributed by atoms with van der Waals surface area (Å²) in [7, 11) is 0. The summed E-state index contributed by atoms with van der Waals surface area (Å²) < 4.78 is 0. The van der Waals surface area contributed by atoms with Gasteiger partial charge in [-0.05, 0) is 36.1 Å². The van der Waals surface area contributed by atoms with Gasteiger partial charge in [0, 0.05) is 5.39 Å². The lowest BCUT2D eigenvalue weighted by atomic mass is 9.96. The maximum atomic E-state index is 4.72. The van der Waals surface area contributed by atoms with E-state index in [1.54, 1.807) is 0 Å². The molecule has 1 heterocycles. The van der Waals surface area contributed by atoms with Gasteiger partial charge in [-0.1, -0.05) is 50.8 Å². The number of aromatic nitrogens is 1. The second-order valence-corrected chi connectivity index (χ2v) is 4.72. The zero-order valence-corrected chi connectivity index (χ0v) is 11.3. The molecule has 0 bridgehead atoms. The second kappa shape index (κ2) is 5.18. The molecule has 2 aromatic rings. The minimum Gasteiger partial charge on any atom is -0.248 e. The van der Waals surface area contributed by atoms with Crippen molar-refractivity contribution in [1.29, 1.82) is 0 Å². The Balaban J connectivity index is 2.76. The number of allylic oxidation sites excluding steroid dienone is 3. The van der Waals surface area contributed by atoms with Crippen molar-refractivity contribution in [3.8, 4) is 0 Å². The molecule has 1 aromatic carbocycles. The summed E-state index contributed by atoms with van der Waals surface area (Å²) in [6.45, 7) is 10.3. The highest BCUT2D eigenvalue weighted by atomic mass is 14.7. The first-order valence-electron chi connectivity index (χ1n) is 6.36. The molecule has 0 fully saturated rings. The number of benzene rings is 1. The average molecular weight is 237 g/mol. The van der Waals surface area contributed by atoms with Crippen LogP contribution in [0.25, 0.3) is 16.5 Å². The predicted octanol–water partition coefficient (Wildman–Crippen LogP) is 4.95. The van der Waals surface area contributed by atoms with Crippen molar-refractivity contribution in [2.45, 2.75) is 26.7 Å². The number of hydrogen-bond donors (Lipinski definition) is 0. The van der Waals surface area contributed by atoms with Crippen LogP contribution in [0.4, 0.5) is 0 Å². The standard InChI is InChI=1S/C17H19N/c1-5-13(6-2)17-11-15(12(3)4)14-9-7-8-10-16(14)18-17/h5-12H,1H2,2-4H3/b13-6+. The van der Waals surface area contributed by atoms with E-state index in [1.807, 2.05) is 25.1 Å². The molecule has 18 heavy (non-hydrogen) atoms. The Kier molecular flexibility index (Phi) is 3.61. The molecular weight excluding hydrogens is 218 g/mol. The van der Waals surface area contributed by atoms with Crippen LogP contribution < -0.4 is 0 Å². The predicted molar refractivity (Wildman–Crippen MR) is 79.7 cm³/mol. The molecule has 2 rings (SSSR count). The van der Waals surface area contributed by atoms with Gasteiger partial charge in [-0.2, -0.15) is 0 Å². The van der Waals surface area contributed by atoms with Crippen LogP contribution in [0.2, 0.25) is 0 Å². The summed E-state index contributed by atoms with van der Waals surface area (Å²) >= 11 is 0. The lowest BCUT2D eigenvalue weighted by Gasteiger charge is -2.12. The molecular formula is C17H19N. The van der Waals surface area contributed by atoms with Gasteiger partial charge in [-0.15, -0.1) is 0 Å². The van der Waals surface area contributed by atoms with E-state index < -0.39 is 0 Å². The van der Waals surface area contributed by atoms with Gasteiger partial charge in [0.05, 0.1) is 11.2 Å². The quantitative estimate of drug-likeness (QED) is 0.688. The highest BCUT2D eigenvalue weighted by Gasteiger charge is 2.09. The largest absolute Gasteiger partial charge is 0.248 e. The van der Waals surface area contributed by atoms with E-state index >= 15 is 0 Å². The van der Waals surface area contributed by atoms with Gasteiger partial charge < -0.3 is 0 Å². The number of fused-ring (bicyclic) bond motifs is 1.